The van der Waals surface area contributed by atoms with Gasteiger partial charge in [-0.3, -0.25) is 4.90 Å². The molecule has 2 bridgehead atoms. The number of benzene rings is 3. The number of aromatic nitrogens is 2. The zero-order valence-corrected chi connectivity index (χ0v) is 28.5. The van der Waals surface area contributed by atoms with Crippen LogP contribution in [0.2, 0.25) is 0 Å². The highest BCUT2D eigenvalue weighted by atomic mass is 19.3. The summed E-state index contributed by atoms with van der Waals surface area (Å²) in [7, 11) is 0. The smallest absolute Gasteiger partial charge is 0.411 e. The number of hydrogen-bond acceptors (Lipinski definition) is 7. The van der Waals surface area contributed by atoms with Crippen LogP contribution in [0.4, 0.5) is 28.2 Å². The molecule has 4 aromatic rings. The molecule has 12 heteroatoms. The molecule has 3 fully saturated rings. The average molecular weight is 691 g/mol. The Hall–Kier alpha value is -4.63. The number of aliphatic hydroxyl groups is 1. The van der Waals surface area contributed by atoms with E-state index in [1.165, 1.54) is 6.07 Å². The third-order valence-electron chi connectivity index (χ3n) is 10.2. The number of hydrogen-bond donors (Lipinski definition) is 1. The van der Waals surface area contributed by atoms with Crippen LogP contribution in [0, 0.1) is 36.3 Å². The molecule has 2 saturated heterocycles. The van der Waals surface area contributed by atoms with Crippen LogP contribution in [0.1, 0.15) is 58.1 Å². The maximum Gasteiger partial charge on any atom is 0.411 e. The molecule has 1 saturated carbocycles. The SMILES string of the molecule is C#Cc1cccc2cc(C)cc(-c3c(F)cc4c(N5C[C@H]6CC[C@](C)(C5)N6C(=O)OC(C)(C)C)nc(OC[C@]5(CO)CC5(F)F)nc4c3F)c12. The summed E-state index contributed by atoms with van der Waals surface area (Å²) in [6.07, 6.45) is 6.10. The van der Waals surface area contributed by atoms with Crippen molar-refractivity contribution in [2.24, 2.45) is 5.41 Å². The number of piperazine rings is 1. The van der Waals surface area contributed by atoms with Gasteiger partial charge in [0, 0.05) is 35.8 Å². The molecule has 0 spiro atoms. The fraction of sp³-hybridized carbons (Fsp3) is 0.447. The number of rotatable bonds is 6. The zero-order chi connectivity index (χ0) is 36.0. The van der Waals surface area contributed by atoms with Crippen LogP contribution in [-0.4, -0.2) is 75.5 Å². The van der Waals surface area contributed by atoms with Gasteiger partial charge in [0.2, 0.25) is 0 Å². The third-order valence-corrected chi connectivity index (χ3v) is 10.2. The number of fused-ring (bicyclic) bond motifs is 4. The summed E-state index contributed by atoms with van der Waals surface area (Å²) in [5, 5.41) is 11.0. The number of alkyl halides is 2. The van der Waals surface area contributed by atoms with Crippen molar-refractivity contribution in [1.29, 1.82) is 0 Å². The summed E-state index contributed by atoms with van der Waals surface area (Å²) in [4.78, 5) is 25.8. The standard InChI is InChI=1S/C38H38F4N4O4/c1-7-22-9-8-10-23-13-21(2)14-25(28(22)23)29-27(39)15-26-31(30(29)40)43-33(49-20-37(19-47)17-38(37,41)42)44-32(26)45-16-24-11-12-36(6,18-45)46(24)34(48)50-35(3,4)5/h1,8-10,13-15,24,47H,11-12,16-20H2,2-6H3/t24-,36-,37-/m1/s1. The highest BCUT2D eigenvalue weighted by molar-refractivity contribution is 6.03. The lowest BCUT2D eigenvalue weighted by molar-refractivity contribution is -0.00295. The van der Waals surface area contributed by atoms with Gasteiger partial charge in [-0.15, -0.1) is 6.42 Å². The van der Waals surface area contributed by atoms with Crippen molar-refractivity contribution in [2.75, 3.05) is 31.2 Å². The second-order valence-electron chi connectivity index (χ2n) is 15.2. The highest BCUT2D eigenvalue weighted by Crippen LogP contribution is 2.60. The van der Waals surface area contributed by atoms with Gasteiger partial charge in [0.1, 0.15) is 29.4 Å². The first-order chi connectivity index (χ1) is 23.5. The van der Waals surface area contributed by atoms with Crippen molar-refractivity contribution >= 4 is 33.6 Å². The van der Waals surface area contributed by atoms with Gasteiger partial charge in [-0.1, -0.05) is 30.2 Å². The molecule has 1 aliphatic carbocycles. The molecule has 50 heavy (non-hydrogen) atoms. The van der Waals surface area contributed by atoms with Crippen LogP contribution < -0.4 is 9.64 Å². The number of terminal acetylenes is 1. The van der Waals surface area contributed by atoms with Crippen molar-refractivity contribution in [1.82, 2.24) is 14.9 Å². The van der Waals surface area contributed by atoms with Crippen LogP contribution in [-0.2, 0) is 4.74 Å². The predicted octanol–water partition coefficient (Wildman–Crippen LogP) is 7.39. The molecular formula is C38H38F4N4O4. The molecule has 2 aliphatic heterocycles. The van der Waals surface area contributed by atoms with Gasteiger partial charge in [-0.25, -0.2) is 22.4 Å². The van der Waals surface area contributed by atoms with E-state index in [1.807, 2.05) is 30.9 Å². The Balaban J connectivity index is 1.38. The van der Waals surface area contributed by atoms with Crippen LogP contribution in [0.3, 0.4) is 0 Å². The summed E-state index contributed by atoms with van der Waals surface area (Å²) in [5.74, 6) is -2.26. The number of anilines is 1. The molecule has 3 heterocycles. The highest BCUT2D eigenvalue weighted by Gasteiger charge is 2.71. The molecular weight excluding hydrogens is 652 g/mol. The van der Waals surface area contributed by atoms with E-state index in [-0.39, 0.29) is 47.0 Å². The number of aliphatic hydroxyl groups excluding tert-OH is 1. The second kappa shape index (κ2) is 11.5. The lowest BCUT2D eigenvalue weighted by atomic mass is 9.91. The van der Waals surface area contributed by atoms with Gasteiger partial charge in [0.05, 0.1) is 29.2 Å². The van der Waals surface area contributed by atoms with Gasteiger partial charge < -0.3 is 19.5 Å². The topological polar surface area (TPSA) is 88.0 Å². The molecule has 0 unspecified atom stereocenters. The van der Waals surface area contributed by atoms with Crippen molar-refractivity contribution in [3.05, 3.63) is 59.2 Å². The Bertz CT molecular complexity index is 2110. The van der Waals surface area contributed by atoms with Crippen molar-refractivity contribution < 1.29 is 36.9 Å². The fourth-order valence-electron chi connectivity index (χ4n) is 7.63. The van der Waals surface area contributed by atoms with Crippen LogP contribution >= 0.6 is 0 Å². The van der Waals surface area contributed by atoms with E-state index in [9.17, 15) is 18.7 Å². The van der Waals surface area contributed by atoms with E-state index >= 15 is 8.78 Å². The molecule has 1 aromatic heterocycles. The van der Waals surface area contributed by atoms with Gasteiger partial charge in [-0.05, 0) is 76.1 Å². The quantitative estimate of drug-likeness (QED) is 0.167. The third kappa shape index (κ3) is 5.46. The molecule has 3 aromatic carbocycles. The molecule has 262 valence electrons. The summed E-state index contributed by atoms with van der Waals surface area (Å²) in [6.45, 7) is 8.19. The Morgan fingerprint density at radius 1 is 1.18 bits per heavy atom. The molecule has 3 aliphatic rings. The van der Waals surface area contributed by atoms with E-state index in [0.717, 1.165) is 5.56 Å². The van der Waals surface area contributed by atoms with Gasteiger partial charge in [0.15, 0.2) is 5.82 Å². The monoisotopic (exact) mass is 690 g/mol. The predicted molar refractivity (Wildman–Crippen MR) is 181 cm³/mol. The maximum absolute atomic E-state index is 17.0. The van der Waals surface area contributed by atoms with Crippen LogP contribution in [0.15, 0.2) is 36.4 Å². The van der Waals surface area contributed by atoms with E-state index < -0.39 is 65.9 Å². The van der Waals surface area contributed by atoms with Gasteiger partial charge in [0.25, 0.3) is 5.92 Å². The van der Waals surface area contributed by atoms with Crippen LogP contribution in [0.25, 0.3) is 32.8 Å². The summed E-state index contributed by atoms with van der Waals surface area (Å²) in [5.41, 5.74) is -2.41. The number of amides is 1. The van der Waals surface area contributed by atoms with Crippen molar-refractivity contribution in [2.45, 2.75) is 77.0 Å². The minimum Gasteiger partial charge on any atom is -0.462 e. The van der Waals surface area contributed by atoms with Crippen molar-refractivity contribution in [3.63, 3.8) is 0 Å². The maximum atomic E-state index is 17.0. The minimum atomic E-state index is -3.14. The van der Waals surface area contributed by atoms with E-state index in [0.29, 0.717) is 29.2 Å². The molecule has 1 amide bonds. The normalized spacial score (nSPS) is 24.1. The molecule has 0 radical (unpaired) electrons. The number of nitrogens with zero attached hydrogens (tertiary/aromatic N) is 4. The van der Waals surface area contributed by atoms with E-state index in [2.05, 4.69) is 15.9 Å². The molecule has 8 nitrogen and oxygen atoms in total. The lowest BCUT2D eigenvalue weighted by Gasteiger charge is -2.47. The lowest BCUT2D eigenvalue weighted by Crippen LogP contribution is -2.63. The number of carbonyl (C=O) groups is 1. The first-order valence-electron chi connectivity index (χ1n) is 16.6. The number of aryl methyl sites for hydroxylation is 1. The van der Waals surface area contributed by atoms with Crippen LogP contribution in [0.5, 0.6) is 6.01 Å². The Kier molecular flexibility index (Phi) is 7.75. The molecule has 1 N–H and O–H groups in total. The second-order valence-corrected chi connectivity index (χ2v) is 15.2. The number of halogens is 4. The number of ether oxygens (including phenoxy) is 2. The van der Waals surface area contributed by atoms with E-state index in [1.54, 1.807) is 43.9 Å². The average Bonchev–Trinajstić information content (AvgIpc) is 3.52. The largest absolute Gasteiger partial charge is 0.462 e. The Morgan fingerprint density at radius 3 is 2.56 bits per heavy atom. The fourth-order valence-corrected chi connectivity index (χ4v) is 7.63. The van der Waals surface area contributed by atoms with Gasteiger partial charge in [-0.2, -0.15) is 9.97 Å². The van der Waals surface area contributed by atoms with Crippen molar-refractivity contribution in [3.8, 4) is 29.5 Å². The number of carbonyl (C=O) groups excluding carboxylic acids is 1. The summed E-state index contributed by atoms with van der Waals surface area (Å²) >= 11 is 0. The molecule has 7 rings (SSSR count). The summed E-state index contributed by atoms with van der Waals surface area (Å²) < 4.78 is 73.3. The Labute approximate surface area is 287 Å². The zero-order valence-electron chi connectivity index (χ0n) is 28.5. The molecule has 3 atom stereocenters. The van der Waals surface area contributed by atoms with E-state index in [4.69, 9.17) is 15.9 Å². The van der Waals surface area contributed by atoms with Gasteiger partial charge >= 0.3 is 12.1 Å². The Morgan fingerprint density at radius 2 is 1.92 bits per heavy atom. The minimum absolute atomic E-state index is 0.0487. The first-order valence-corrected chi connectivity index (χ1v) is 16.6. The summed E-state index contributed by atoms with van der Waals surface area (Å²) in [6, 6.07) is 9.29. The first kappa shape index (κ1) is 33.8.